The zero-order chi connectivity index (χ0) is 49.0. The Morgan fingerprint density at radius 2 is 0.764 bits per heavy atom. The summed E-state index contributed by atoms with van der Waals surface area (Å²) in [4.78, 5) is 5.17. The van der Waals surface area contributed by atoms with Crippen LogP contribution in [-0.2, 0) is 10.8 Å². The van der Waals surface area contributed by atoms with Gasteiger partial charge in [-0.05, 0) is 169 Å². The van der Waals surface area contributed by atoms with E-state index < -0.39 is 0 Å². The molecule has 2 aliphatic rings. The lowest BCUT2D eigenvalue weighted by molar-refractivity contribution is 0.590. The number of nitrogens with zero attached hydrogens (tertiary/aromatic N) is 2. The van der Waals surface area contributed by atoms with Crippen LogP contribution in [-0.4, -0.2) is 6.71 Å². The standard InChI is InChI=1S/C67H55BN2O2/c1-42-34-61-65-62(35-42)70(58-25-19-48(39-54(58)44-16-12-9-13-17-44)46-21-29-64-50(37-46)31-33-72-64)60-27-23-52(67(5,6)7)41-56(60)68(65)55-40-51(66(2,3)4)22-26-59(55)69(61)57-24-18-47(38-53(57)43-14-10-8-11-15-43)45-20-28-63-49(36-45)30-32-71-63/h8-41H,1-7H3. The minimum absolute atomic E-state index is 0.0417. The lowest BCUT2D eigenvalue weighted by atomic mass is 9.33. The Labute approximate surface area is 422 Å². The van der Waals surface area contributed by atoms with Crippen LogP contribution in [0.15, 0.2) is 215 Å². The molecule has 9 aromatic carbocycles. The quantitative estimate of drug-likeness (QED) is 0.156. The molecular formula is C67H55BN2O2. The van der Waals surface area contributed by atoms with Gasteiger partial charge in [0.2, 0.25) is 0 Å². The molecule has 0 spiro atoms. The van der Waals surface area contributed by atoms with Crippen LogP contribution in [0.25, 0.3) is 66.4 Å². The van der Waals surface area contributed by atoms with Crippen molar-refractivity contribution in [1.82, 2.24) is 0 Å². The second-order valence-corrected chi connectivity index (χ2v) is 21.9. The number of rotatable bonds is 6. The first-order valence-electron chi connectivity index (χ1n) is 25.2. The third-order valence-electron chi connectivity index (χ3n) is 15.2. The van der Waals surface area contributed by atoms with Gasteiger partial charge in [-0.2, -0.15) is 0 Å². The van der Waals surface area contributed by atoms with Gasteiger partial charge in [0, 0.05) is 44.6 Å². The molecule has 0 atom stereocenters. The van der Waals surface area contributed by atoms with E-state index in [1.165, 1.54) is 67.0 Å². The molecule has 0 saturated carbocycles. The molecule has 4 heterocycles. The maximum Gasteiger partial charge on any atom is 0.252 e. The zero-order valence-corrected chi connectivity index (χ0v) is 41.9. The zero-order valence-electron chi connectivity index (χ0n) is 41.9. The molecule has 0 aliphatic carbocycles. The van der Waals surface area contributed by atoms with Crippen molar-refractivity contribution in [2.75, 3.05) is 9.80 Å². The van der Waals surface area contributed by atoms with Crippen LogP contribution in [0, 0.1) is 6.92 Å². The monoisotopic (exact) mass is 930 g/mol. The Morgan fingerprint density at radius 3 is 1.19 bits per heavy atom. The van der Waals surface area contributed by atoms with Crippen LogP contribution in [0.3, 0.4) is 0 Å². The molecule has 0 saturated heterocycles. The SMILES string of the molecule is Cc1cc2c3c(c1)N(c1ccc(-c4ccc5occc5c4)cc1-c1ccccc1)c1ccc(C(C)(C)C)cc1B3c1cc(C(C)(C)C)ccc1N2c1ccc(-c2ccc3occc3c2)cc1-c1ccccc1. The van der Waals surface area contributed by atoms with Crippen LogP contribution >= 0.6 is 0 Å². The van der Waals surface area contributed by atoms with Crippen molar-refractivity contribution in [3.8, 4) is 44.5 Å². The molecule has 0 bridgehead atoms. The molecule has 11 aromatic rings. The normalized spacial score (nSPS) is 13.1. The third-order valence-corrected chi connectivity index (χ3v) is 15.2. The number of benzene rings is 9. The fourth-order valence-corrected chi connectivity index (χ4v) is 11.4. The van der Waals surface area contributed by atoms with Crippen LogP contribution in [0.1, 0.15) is 58.2 Å². The molecule has 13 rings (SSSR count). The smallest absolute Gasteiger partial charge is 0.252 e. The van der Waals surface area contributed by atoms with E-state index in [2.05, 4.69) is 240 Å². The largest absolute Gasteiger partial charge is 0.464 e. The van der Waals surface area contributed by atoms with Crippen molar-refractivity contribution in [2.45, 2.75) is 59.3 Å². The summed E-state index contributed by atoms with van der Waals surface area (Å²) in [5.41, 5.74) is 25.7. The maximum atomic E-state index is 5.77. The molecule has 4 nitrogen and oxygen atoms in total. The van der Waals surface area contributed by atoms with E-state index in [9.17, 15) is 0 Å². The molecule has 0 amide bonds. The van der Waals surface area contributed by atoms with Crippen molar-refractivity contribution < 1.29 is 8.83 Å². The van der Waals surface area contributed by atoms with E-state index in [-0.39, 0.29) is 17.5 Å². The highest BCUT2D eigenvalue weighted by atomic mass is 16.3. The minimum atomic E-state index is -0.0750. The Hall–Kier alpha value is -8.28. The van der Waals surface area contributed by atoms with Crippen LogP contribution in [0.2, 0.25) is 0 Å². The Morgan fingerprint density at radius 1 is 0.361 bits per heavy atom. The van der Waals surface area contributed by atoms with Gasteiger partial charge in [-0.3, -0.25) is 0 Å². The fourth-order valence-electron chi connectivity index (χ4n) is 11.4. The minimum Gasteiger partial charge on any atom is -0.464 e. The second kappa shape index (κ2) is 16.4. The van der Waals surface area contributed by atoms with Gasteiger partial charge in [-0.1, -0.05) is 151 Å². The van der Waals surface area contributed by atoms with Gasteiger partial charge in [0.05, 0.1) is 23.9 Å². The summed E-state index contributed by atoms with van der Waals surface area (Å²) in [6.07, 6.45) is 3.54. The van der Waals surface area contributed by atoms with Crippen LogP contribution in [0.5, 0.6) is 0 Å². The maximum absolute atomic E-state index is 5.77. The van der Waals surface area contributed by atoms with Gasteiger partial charge in [0.1, 0.15) is 11.2 Å². The summed E-state index contributed by atoms with van der Waals surface area (Å²) in [5.74, 6) is 0. The van der Waals surface area contributed by atoms with Gasteiger partial charge in [0.15, 0.2) is 0 Å². The summed E-state index contributed by atoms with van der Waals surface area (Å²) < 4.78 is 11.5. The lowest BCUT2D eigenvalue weighted by Gasteiger charge is -2.45. The highest BCUT2D eigenvalue weighted by Gasteiger charge is 2.45. The van der Waals surface area contributed by atoms with Crippen molar-refractivity contribution in [2.24, 2.45) is 0 Å². The van der Waals surface area contributed by atoms with E-state index in [0.29, 0.717) is 0 Å². The Bertz CT molecular complexity index is 3670. The number of hydrogen-bond acceptors (Lipinski definition) is 4. The highest BCUT2D eigenvalue weighted by Crippen LogP contribution is 2.50. The van der Waals surface area contributed by atoms with Crippen LogP contribution in [0.4, 0.5) is 34.1 Å². The first kappa shape index (κ1) is 43.7. The van der Waals surface area contributed by atoms with Gasteiger partial charge in [0.25, 0.3) is 6.71 Å². The van der Waals surface area contributed by atoms with E-state index in [1.54, 1.807) is 12.5 Å². The van der Waals surface area contributed by atoms with Gasteiger partial charge < -0.3 is 18.6 Å². The highest BCUT2D eigenvalue weighted by molar-refractivity contribution is 7.00. The predicted octanol–water partition coefficient (Wildman–Crippen LogP) is 16.8. The summed E-state index contributed by atoms with van der Waals surface area (Å²) in [6.45, 7) is 16.2. The first-order chi connectivity index (χ1) is 34.9. The first-order valence-corrected chi connectivity index (χ1v) is 25.2. The van der Waals surface area contributed by atoms with E-state index >= 15 is 0 Å². The predicted molar refractivity (Wildman–Crippen MR) is 304 cm³/mol. The second-order valence-electron chi connectivity index (χ2n) is 21.9. The molecule has 2 aromatic heterocycles. The number of fused-ring (bicyclic) bond motifs is 6. The molecule has 348 valence electrons. The molecule has 0 radical (unpaired) electrons. The topological polar surface area (TPSA) is 32.8 Å². The number of furan rings is 2. The summed E-state index contributed by atoms with van der Waals surface area (Å²) in [5, 5.41) is 2.19. The molecule has 72 heavy (non-hydrogen) atoms. The molecule has 0 N–H and O–H groups in total. The van der Waals surface area contributed by atoms with Gasteiger partial charge in [-0.15, -0.1) is 0 Å². The molecule has 5 heteroatoms. The van der Waals surface area contributed by atoms with Gasteiger partial charge in [-0.25, -0.2) is 0 Å². The van der Waals surface area contributed by atoms with Crippen molar-refractivity contribution in [3.05, 3.63) is 223 Å². The average Bonchev–Trinajstić information content (AvgIpc) is 4.08. The molecule has 0 fully saturated rings. The van der Waals surface area contributed by atoms with E-state index in [1.807, 2.05) is 12.1 Å². The van der Waals surface area contributed by atoms with Crippen molar-refractivity contribution in [1.29, 1.82) is 0 Å². The summed E-state index contributed by atoms with van der Waals surface area (Å²) >= 11 is 0. The Kier molecular flexibility index (Phi) is 9.96. The molecule has 2 aliphatic heterocycles. The van der Waals surface area contributed by atoms with Crippen molar-refractivity contribution in [3.63, 3.8) is 0 Å². The number of hydrogen-bond donors (Lipinski definition) is 0. The number of anilines is 6. The lowest BCUT2D eigenvalue weighted by Crippen LogP contribution is -2.61. The van der Waals surface area contributed by atoms with Crippen LogP contribution < -0.4 is 26.2 Å². The summed E-state index contributed by atoms with van der Waals surface area (Å²) in [7, 11) is 0. The molecular weight excluding hydrogens is 876 g/mol. The van der Waals surface area contributed by atoms with Crippen molar-refractivity contribution >= 4 is 79.2 Å². The fraction of sp³-hybridized carbons (Fsp3) is 0.134. The number of aryl methyl sites for hydroxylation is 1. The van der Waals surface area contributed by atoms with Gasteiger partial charge >= 0.3 is 0 Å². The Balaban J connectivity index is 1.10. The average molecular weight is 931 g/mol. The van der Waals surface area contributed by atoms with E-state index in [4.69, 9.17) is 8.83 Å². The molecule has 0 unspecified atom stereocenters. The third kappa shape index (κ3) is 7.21. The summed E-state index contributed by atoms with van der Waals surface area (Å²) in [6, 6.07) is 72.5. The van der Waals surface area contributed by atoms with E-state index in [0.717, 1.165) is 66.7 Å².